The lowest BCUT2D eigenvalue weighted by Crippen LogP contribution is -2.20. The van der Waals surface area contributed by atoms with Gasteiger partial charge in [-0.1, -0.05) is 6.07 Å². The second-order valence-electron chi connectivity index (χ2n) is 5.15. The monoisotopic (exact) mass is 359 g/mol. The molecule has 0 spiro atoms. The Hall–Kier alpha value is -2.17. The van der Waals surface area contributed by atoms with Gasteiger partial charge in [-0.15, -0.1) is 0 Å². The van der Waals surface area contributed by atoms with Crippen LogP contribution in [0.1, 0.15) is 17.9 Å². The molecule has 0 saturated heterocycles. The molecule has 24 heavy (non-hydrogen) atoms. The standard InChI is InChI=1S/C14H17NO8S/c1-24(19,20)23-7-5-12(16)11(4-6-15(17)18)10-2-3-13-14(8-10)22-9-21-13/h2-4,6,8,11-12,16H,5,7,9H2,1H3/b6-4+/t11-,12-/m0/s1. The number of nitro groups is 1. The highest BCUT2D eigenvalue weighted by Crippen LogP contribution is 2.36. The summed E-state index contributed by atoms with van der Waals surface area (Å²) in [4.78, 5) is 9.94. The van der Waals surface area contributed by atoms with Crippen LogP contribution in [0.4, 0.5) is 0 Å². The number of ether oxygens (including phenoxy) is 2. The van der Waals surface area contributed by atoms with E-state index in [1.54, 1.807) is 18.2 Å². The van der Waals surface area contributed by atoms with E-state index in [9.17, 15) is 23.6 Å². The van der Waals surface area contributed by atoms with Crippen molar-refractivity contribution in [2.24, 2.45) is 0 Å². The molecule has 1 heterocycles. The van der Waals surface area contributed by atoms with Crippen molar-refractivity contribution in [1.29, 1.82) is 0 Å². The van der Waals surface area contributed by atoms with Gasteiger partial charge in [0.2, 0.25) is 13.0 Å². The fourth-order valence-electron chi connectivity index (χ4n) is 2.24. The van der Waals surface area contributed by atoms with Crippen molar-refractivity contribution in [3.8, 4) is 11.5 Å². The molecule has 10 heteroatoms. The Bertz CT molecular complexity index is 730. The van der Waals surface area contributed by atoms with Crippen LogP contribution < -0.4 is 9.47 Å². The number of hydrogen-bond acceptors (Lipinski definition) is 8. The molecule has 0 amide bonds. The van der Waals surface area contributed by atoms with Crippen LogP contribution >= 0.6 is 0 Å². The molecule has 1 aliphatic rings. The normalized spacial score (nSPS) is 16.2. The third-order valence-electron chi connectivity index (χ3n) is 3.32. The zero-order valence-corrected chi connectivity index (χ0v) is 13.6. The Morgan fingerprint density at radius 1 is 1.42 bits per heavy atom. The van der Waals surface area contributed by atoms with Crippen LogP contribution in [0.15, 0.2) is 30.5 Å². The van der Waals surface area contributed by atoms with Crippen LogP contribution in [-0.4, -0.2) is 44.2 Å². The number of aliphatic hydroxyl groups excluding tert-OH is 1. The summed E-state index contributed by atoms with van der Waals surface area (Å²) < 4.78 is 37.0. The van der Waals surface area contributed by atoms with Crippen LogP contribution in [0.2, 0.25) is 0 Å². The summed E-state index contributed by atoms with van der Waals surface area (Å²) >= 11 is 0. The summed E-state index contributed by atoms with van der Waals surface area (Å²) in [6.45, 7) is -0.147. The van der Waals surface area contributed by atoms with Gasteiger partial charge in [-0.25, -0.2) is 0 Å². The van der Waals surface area contributed by atoms with Crippen LogP contribution in [0.25, 0.3) is 0 Å². The molecule has 132 valence electrons. The maximum Gasteiger partial charge on any atom is 0.264 e. The van der Waals surface area contributed by atoms with E-state index in [0.29, 0.717) is 17.1 Å². The SMILES string of the molecule is CS(=O)(=O)OCC[C@H](O)[C@@H](/C=C/[N+](=O)[O-])c1ccc2c(c1)OCO2. The summed E-state index contributed by atoms with van der Waals surface area (Å²) in [6.07, 6.45) is 1.78. The van der Waals surface area contributed by atoms with E-state index < -0.39 is 27.1 Å². The van der Waals surface area contributed by atoms with Crippen molar-refractivity contribution in [1.82, 2.24) is 0 Å². The molecule has 1 aromatic carbocycles. The number of nitrogens with zero attached hydrogens (tertiary/aromatic N) is 1. The van der Waals surface area contributed by atoms with E-state index in [-0.39, 0.29) is 19.8 Å². The van der Waals surface area contributed by atoms with E-state index >= 15 is 0 Å². The summed E-state index contributed by atoms with van der Waals surface area (Å²) in [5, 5.41) is 20.9. The predicted octanol–water partition coefficient (Wildman–Crippen LogP) is 1.02. The highest BCUT2D eigenvalue weighted by atomic mass is 32.2. The highest BCUT2D eigenvalue weighted by molar-refractivity contribution is 7.85. The molecular formula is C14H17NO8S. The lowest BCUT2D eigenvalue weighted by atomic mass is 9.91. The molecule has 0 radical (unpaired) electrons. The van der Waals surface area contributed by atoms with Gasteiger partial charge in [0.25, 0.3) is 10.1 Å². The molecule has 2 rings (SSSR count). The minimum Gasteiger partial charge on any atom is -0.454 e. The van der Waals surface area contributed by atoms with Crippen LogP contribution in [-0.2, 0) is 14.3 Å². The van der Waals surface area contributed by atoms with Crippen molar-refractivity contribution in [2.45, 2.75) is 18.4 Å². The number of rotatable bonds is 8. The Kier molecular flexibility index (Phi) is 5.75. The third-order valence-corrected chi connectivity index (χ3v) is 3.92. The lowest BCUT2D eigenvalue weighted by molar-refractivity contribution is -0.402. The number of aliphatic hydroxyl groups is 1. The number of fused-ring (bicyclic) bond motifs is 1. The average Bonchev–Trinajstić information content (AvgIpc) is 2.93. The van der Waals surface area contributed by atoms with E-state index in [0.717, 1.165) is 12.5 Å². The lowest BCUT2D eigenvalue weighted by Gasteiger charge is -2.19. The van der Waals surface area contributed by atoms with Crippen molar-refractivity contribution >= 4 is 10.1 Å². The minimum absolute atomic E-state index is 0.0196. The summed E-state index contributed by atoms with van der Waals surface area (Å²) in [5.41, 5.74) is 0.573. The van der Waals surface area contributed by atoms with Crippen molar-refractivity contribution in [3.05, 3.63) is 46.2 Å². The van der Waals surface area contributed by atoms with Crippen molar-refractivity contribution < 1.29 is 32.1 Å². The number of hydrogen-bond donors (Lipinski definition) is 1. The summed E-state index contributed by atoms with van der Waals surface area (Å²) in [5.74, 6) is 0.297. The molecule has 0 aliphatic carbocycles. The number of benzene rings is 1. The molecule has 1 aliphatic heterocycles. The first-order valence-corrected chi connectivity index (χ1v) is 8.82. The minimum atomic E-state index is -3.62. The van der Waals surface area contributed by atoms with Crippen LogP contribution in [0.5, 0.6) is 11.5 Å². The summed E-state index contributed by atoms with van der Waals surface area (Å²) in [7, 11) is -3.62. The molecule has 1 aromatic rings. The van der Waals surface area contributed by atoms with Gasteiger partial charge in [-0.05, 0) is 30.2 Å². The average molecular weight is 359 g/mol. The zero-order valence-electron chi connectivity index (χ0n) is 12.8. The van der Waals surface area contributed by atoms with Gasteiger partial charge in [0.1, 0.15) is 0 Å². The maximum absolute atomic E-state index is 11.0. The van der Waals surface area contributed by atoms with Gasteiger partial charge in [0.15, 0.2) is 11.5 Å². The van der Waals surface area contributed by atoms with Gasteiger partial charge >= 0.3 is 0 Å². The molecule has 0 bridgehead atoms. The van der Waals surface area contributed by atoms with Crippen LogP contribution in [0.3, 0.4) is 0 Å². The van der Waals surface area contributed by atoms with Crippen molar-refractivity contribution in [3.63, 3.8) is 0 Å². The summed E-state index contributed by atoms with van der Waals surface area (Å²) in [6, 6.07) is 4.92. The first-order chi connectivity index (χ1) is 11.3. The quantitative estimate of drug-likeness (QED) is 0.414. The van der Waals surface area contributed by atoms with Crippen LogP contribution in [0, 0.1) is 10.1 Å². The molecule has 0 saturated carbocycles. The molecule has 0 aromatic heterocycles. The molecule has 1 N–H and O–H groups in total. The largest absolute Gasteiger partial charge is 0.454 e. The van der Waals surface area contributed by atoms with Gasteiger partial charge in [-0.3, -0.25) is 14.3 Å². The van der Waals surface area contributed by atoms with Crippen molar-refractivity contribution in [2.75, 3.05) is 19.7 Å². The van der Waals surface area contributed by atoms with Gasteiger partial charge in [0, 0.05) is 5.92 Å². The highest BCUT2D eigenvalue weighted by Gasteiger charge is 2.23. The smallest absolute Gasteiger partial charge is 0.264 e. The third kappa shape index (κ3) is 5.18. The topological polar surface area (TPSA) is 125 Å². The second kappa shape index (κ2) is 7.60. The van der Waals surface area contributed by atoms with E-state index in [4.69, 9.17) is 9.47 Å². The Morgan fingerprint density at radius 3 is 2.79 bits per heavy atom. The Balaban J connectivity index is 2.16. The first kappa shape index (κ1) is 18.2. The predicted molar refractivity (Wildman–Crippen MR) is 82.9 cm³/mol. The first-order valence-electron chi connectivity index (χ1n) is 7.00. The maximum atomic E-state index is 11.0. The second-order valence-corrected chi connectivity index (χ2v) is 6.79. The molecule has 9 nitrogen and oxygen atoms in total. The molecule has 0 unspecified atom stereocenters. The Morgan fingerprint density at radius 2 is 2.12 bits per heavy atom. The van der Waals surface area contributed by atoms with E-state index in [2.05, 4.69) is 4.18 Å². The van der Waals surface area contributed by atoms with E-state index in [1.807, 2.05) is 0 Å². The molecule has 2 atom stereocenters. The zero-order chi connectivity index (χ0) is 17.7. The Labute approximate surface area is 138 Å². The fraction of sp³-hybridized carbons (Fsp3) is 0.429. The molecule has 0 fully saturated rings. The van der Waals surface area contributed by atoms with Gasteiger partial charge < -0.3 is 14.6 Å². The fourth-order valence-corrected chi connectivity index (χ4v) is 2.64. The van der Waals surface area contributed by atoms with Gasteiger partial charge in [0.05, 0.1) is 23.9 Å². The van der Waals surface area contributed by atoms with E-state index in [1.165, 1.54) is 6.08 Å². The van der Waals surface area contributed by atoms with Gasteiger partial charge in [-0.2, -0.15) is 8.42 Å². The molecular weight excluding hydrogens is 342 g/mol.